The van der Waals surface area contributed by atoms with Gasteiger partial charge in [0.05, 0.1) is 0 Å². The van der Waals surface area contributed by atoms with Crippen molar-refractivity contribution in [3.8, 4) is 0 Å². The van der Waals surface area contributed by atoms with E-state index in [1.165, 1.54) is 5.56 Å². The number of nitrogens with zero attached hydrogens (tertiary/aromatic N) is 2. The number of rotatable bonds is 3. The number of anilines is 2. The van der Waals surface area contributed by atoms with Crippen molar-refractivity contribution in [1.29, 1.82) is 0 Å². The summed E-state index contributed by atoms with van der Waals surface area (Å²) >= 11 is 5.84. The predicted octanol–water partition coefficient (Wildman–Crippen LogP) is 2.95. The first-order valence-electron chi connectivity index (χ1n) is 5.32. The van der Waals surface area contributed by atoms with Gasteiger partial charge in [0, 0.05) is 36.6 Å². The van der Waals surface area contributed by atoms with Gasteiger partial charge in [0.1, 0.15) is 5.82 Å². The molecule has 1 heterocycles. The van der Waals surface area contributed by atoms with Gasteiger partial charge in [0.2, 0.25) is 0 Å². The Bertz CT molecular complexity index is 496. The van der Waals surface area contributed by atoms with Crippen LogP contribution < -0.4 is 10.6 Å². The number of halogens is 1. The molecule has 2 N–H and O–H groups in total. The van der Waals surface area contributed by atoms with Gasteiger partial charge in [-0.1, -0.05) is 23.7 Å². The van der Waals surface area contributed by atoms with Crippen LogP contribution in [-0.4, -0.2) is 12.0 Å². The van der Waals surface area contributed by atoms with Gasteiger partial charge in [-0.2, -0.15) is 0 Å². The second-order valence-electron chi connectivity index (χ2n) is 3.93. The smallest absolute Gasteiger partial charge is 0.130 e. The number of nitrogen functional groups attached to an aromatic ring is 1. The highest BCUT2D eigenvalue weighted by Gasteiger charge is 2.03. The van der Waals surface area contributed by atoms with E-state index < -0.39 is 0 Å². The third-order valence-corrected chi connectivity index (χ3v) is 2.75. The van der Waals surface area contributed by atoms with Crippen molar-refractivity contribution in [3.63, 3.8) is 0 Å². The molecule has 0 saturated heterocycles. The first kappa shape index (κ1) is 11.7. The van der Waals surface area contributed by atoms with Crippen LogP contribution in [0.5, 0.6) is 0 Å². The SMILES string of the molecule is CN(Cc1ccc(Cl)cc1)c1cc(N)ccn1. The number of hydrogen-bond acceptors (Lipinski definition) is 3. The quantitative estimate of drug-likeness (QED) is 0.907. The van der Waals surface area contributed by atoms with Gasteiger partial charge in [-0.05, 0) is 23.8 Å². The molecular formula is C13H14ClN3. The third-order valence-electron chi connectivity index (χ3n) is 2.49. The van der Waals surface area contributed by atoms with Crippen LogP contribution in [-0.2, 0) is 6.54 Å². The predicted molar refractivity (Wildman–Crippen MR) is 72.2 cm³/mol. The Morgan fingerprint density at radius 1 is 1.24 bits per heavy atom. The first-order chi connectivity index (χ1) is 8.15. The molecule has 0 aliphatic rings. The van der Waals surface area contributed by atoms with Crippen LogP contribution >= 0.6 is 11.6 Å². The van der Waals surface area contributed by atoms with Gasteiger partial charge in [-0.15, -0.1) is 0 Å². The van der Waals surface area contributed by atoms with Crippen LogP contribution in [0.2, 0.25) is 5.02 Å². The minimum Gasteiger partial charge on any atom is -0.399 e. The number of hydrogen-bond donors (Lipinski definition) is 1. The van der Waals surface area contributed by atoms with Gasteiger partial charge < -0.3 is 10.6 Å². The minimum atomic E-state index is 0.720. The van der Waals surface area contributed by atoms with Crippen molar-refractivity contribution in [3.05, 3.63) is 53.2 Å². The molecule has 17 heavy (non-hydrogen) atoms. The standard InChI is InChI=1S/C13H14ClN3/c1-17(13-8-12(15)6-7-16-13)9-10-2-4-11(14)5-3-10/h2-8H,9H2,1H3,(H2,15,16). The molecule has 0 unspecified atom stereocenters. The highest BCUT2D eigenvalue weighted by Crippen LogP contribution is 2.16. The lowest BCUT2D eigenvalue weighted by molar-refractivity contribution is 0.898. The van der Waals surface area contributed by atoms with Crippen molar-refractivity contribution >= 4 is 23.1 Å². The van der Waals surface area contributed by atoms with E-state index in [0.29, 0.717) is 0 Å². The lowest BCUT2D eigenvalue weighted by Crippen LogP contribution is -2.17. The lowest BCUT2D eigenvalue weighted by atomic mass is 10.2. The largest absolute Gasteiger partial charge is 0.399 e. The number of benzene rings is 1. The fraction of sp³-hybridized carbons (Fsp3) is 0.154. The summed E-state index contributed by atoms with van der Waals surface area (Å²) in [6.07, 6.45) is 1.71. The average molecular weight is 248 g/mol. The summed E-state index contributed by atoms with van der Waals surface area (Å²) in [6.45, 7) is 0.771. The zero-order chi connectivity index (χ0) is 12.3. The van der Waals surface area contributed by atoms with Gasteiger partial charge in [0.15, 0.2) is 0 Å². The molecule has 2 aromatic rings. The second kappa shape index (κ2) is 5.06. The van der Waals surface area contributed by atoms with E-state index in [0.717, 1.165) is 23.1 Å². The van der Waals surface area contributed by atoms with Crippen molar-refractivity contribution in [1.82, 2.24) is 4.98 Å². The summed E-state index contributed by atoms with van der Waals surface area (Å²) < 4.78 is 0. The zero-order valence-electron chi connectivity index (χ0n) is 9.60. The van der Waals surface area contributed by atoms with E-state index in [-0.39, 0.29) is 0 Å². The molecule has 2 rings (SSSR count). The molecule has 1 aromatic heterocycles. The maximum Gasteiger partial charge on any atom is 0.130 e. The minimum absolute atomic E-state index is 0.720. The molecule has 0 saturated carbocycles. The maximum atomic E-state index is 5.84. The zero-order valence-corrected chi connectivity index (χ0v) is 10.4. The average Bonchev–Trinajstić information content (AvgIpc) is 2.32. The normalized spacial score (nSPS) is 10.2. The Labute approximate surface area is 106 Å². The maximum absolute atomic E-state index is 5.84. The Kier molecular flexibility index (Phi) is 3.49. The second-order valence-corrected chi connectivity index (χ2v) is 4.37. The molecule has 0 amide bonds. The number of pyridine rings is 1. The molecule has 88 valence electrons. The van der Waals surface area contributed by atoms with E-state index >= 15 is 0 Å². The van der Waals surface area contributed by atoms with Crippen LogP contribution in [0.1, 0.15) is 5.56 Å². The molecule has 0 fully saturated rings. The van der Waals surface area contributed by atoms with Gasteiger partial charge in [-0.25, -0.2) is 4.98 Å². The highest BCUT2D eigenvalue weighted by molar-refractivity contribution is 6.30. The molecule has 0 radical (unpaired) electrons. The Balaban J connectivity index is 2.11. The summed E-state index contributed by atoms with van der Waals surface area (Å²) in [6, 6.07) is 11.4. The number of aromatic nitrogens is 1. The summed E-state index contributed by atoms with van der Waals surface area (Å²) in [7, 11) is 1.98. The summed E-state index contributed by atoms with van der Waals surface area (Å²) in [5.74, 6) is 0.861. The first-order valence-corrected chi connectivity index (χ1v) is 5.70. The van der Waals surface area contributed by atoms with Crippen LogP contribution in [0.4, 0.5) is 11.5 Å². The molecule has 0 spiro atoms. The van der Waals surface area contributed by atoms with Crippen LogP contribution in [0.25, 0.3) is 0 Å². The fourth-order valence-corrected chi connectivity index (χ4v) is 1.71. The van der Waals surface area contributed by atoms with E-state index in [9.17, 15) is 0 Å². The molecule has 0 bridgehead atoms. The van der Waals surface area contributed by atoms with Crippen molar-refractivity contribution in [2.75, 3.05) is 17.7 Å². The van der Waals surface area contributed by atoms with Crippen LogP contribution in [0.15, 0.2) is 42.6 Å². The molecular weight excluding hydrogens is 234 g/mol. The Morgan fingerprint density at radius 3 is 2.59 bits per heavy atom. The van der Waals surface area contributed by atoms with Gasteiger partial charge in [-0.3, -0.25) is 0 Å². The Hall–Kier alpha value is -1.74. The number of nitrogens with two attached hydrogens (primary N) is 1. The molecule has 1 aromatic carbocycles. The summed E-state index contributed by atoms with van der Waals surface area (Å²) in [5.41, 5.74) is 7.63. The van der Waals surface area contributed by atoms with E-state index in [1.54, 1.807) is 12.3 Å². The summed E-state index contributed by atoms with van der Waals surface area (Å²) in [5, 5.41) is 0.749. The summed E-state index contributed by atoms with van der Waals surface area (Å²) in [4.78, 5) is 6.31. The molecule has 0 aliphatic heterocycles. The van der Waals surface area contributed by atoms with Gasteiger partial charge >= 0.3 is 0 Å². The molecule has 4 heteroatoms. The fourth-order valence-electron chi connectivity index (χ4n) is 1.59. The third kappa shape index (κ3) is 3.11. The van der Waals surface area contributed by atoms with Crippen molar-refractivity contribution < 1.29 is 0 Å². The van der Waals surface area contributed by atoms with E-state index in [1.807, 2.05) is 42.3 Å². The molecule has 0 aliphatic carbocycles. The van der Waals surface area contributed by atoms with Crippen molar-refractivity contribution in [2.45, 2.75) is 6.54 Å². The Morgan fingerprint density at radius 2 is 1.94 bits per heavy atom. The highest BCUT2D eigenvalue weighted by atomic mass is 35.5. The van der Waals surface area contributed by atoms with Crippen LogP contribution in [0.3, 0.4) is 0 Å². The van der Waals surface area contributed by atoms with E-state index in [4.69, 9.17) is 17.3 Å². The van der Waals surface area contributed by atoms with Gasteiger partial charge in [0.25, 0.3) is 0 Å². The molecule has 3 nitrogen and oxygen atoms in total. The topological polar surface area (TPSA) is 42.1 Å². The lowest BCUT2D eigenvalue weighted by Gasteiger charge is -2.18. The monoisotopic (exact) mass is 247 g/mol. The van der Waals surface area contributed by atoms with Crippen LogP contribution in [0, 0.1) is 0 Å². The molecule has 0 atom stereocenters. The van der Waals surface area contributed by atoms with E-state index in [2.05, 4.69) is 4.98 Å². The van der Waals surface area contributed by atoms with Crippen molar-refractivity contribution in [2.24, 2.45) is 0 Å².